The Morgan fingerprint density at radius 2 is 1.69 bits per heavy atom. The molecule has 0 atom stereocenters. The first-order chi connectivity index (χ1) is 13.7. The van der Waals surface area contributed by atoms with Crippen molar-refractivity contribution >= 4 is 17.7 Å². The summed E-state index contributed by atoms with van der Waals surface area (Å²) in [6, 6.07) is 12.2. The third kappa shape index (κ3) is 7.03. The Balaban J connectivity index is 1.96. The second kappa shape index (κ2) is 9.82. The number of nitrogens with one attached hydrogen (secondary N) is 2. The van der Waals surface area contributed by atoms with Crippen LogP contribution in [0.25, 0.3) is 0 Å². The molecule has 0 fully saturated rings. The van der Waals surface area contributed by atoms with Crippen LogP contribution in [0.3, 0.4) is 0 Å². The molecular weight excluding hydrogens is 372 g/mol. The van der Waals surface area contributed by atoms with Crippen LogP contribution in [0.2, 0.25) is 0 Å². The molecule has 156 valence electrons. The maximum Gasteiger partial charge on any atom is 0.407 e. The lowest BCUT2D eigenvalue weighted by Gasteiger charge is -2.19. The number of anilines is 1. The van der Waals surface area contributed by atoms with Crippen molar-refractivity contribution in [1.82, 2.24) is 5.32 Å². The van der Waals surface area contributed by atoms with E-state index in [-0.39, 0.29) is 5.91 Å². The molecule has 2 N–H and O–H groups in total. The zero-order chi connectivity index (χ0) is 21.4. The van der Waals surface area contributed by atoms with Gasteiger partial charge in [0.2, 0.25) is 0 Å². The lowest BCUT2D eigenvalue weighted by Crippen LogP contribution is -2.32. The molecule has 0 aliphatic carbocycles. The van der Waals surface area contributed by atoms with Crippen LogP contribution in [0.5, 0.6) is 11.5 Å². The average molecular weight is 400 g/mol. The summed E-state index contributed by atoms with van der Waals surface area (Å²) < 4.78 is 16.0. The van der Waals surface area contributed by atoms with Crippen molar-refractivity contribution in [2.45, 2.75) is 39.8 Å². The number of alkyl carbamates (subject to hydrolysis) is 1. The number of hydrogen-bond donors (Lipinski definition) is 2. The van der Waals surface area contributed by atoms with E-state index in [1.165, 1.54) is 0 Å². The summed E-state index contributed by atoms with van der Waals surface area (Å²) in [6.07, 6.45) is -0.483. The number of carbonyl (C=O) groups is 2. The molecule has 0 spiro atoms. The van der Waals surface area contributed by atoms with Crippen LogP contribution in [-0.4, -0.2) is 31.3 Å². The van der Waals surface area contributed by atoms with Gasteiger partial charge in [-0.3, -0.25) is 4.79 Å². The van der Waals surface area contributed by atoms with Gasteiger partial charge < -0.3 is 24.8 Å². The van der Waals surface area contributed by atoms with E-state index in [9.17, 15) is 9.59 Å². The summed E-state index contributed by atoms with van der Waals surface area (Å²) in [5.74, 6) is 0.922. The highest BCUT2D eigenvalue weighted by molar-refractivity contribution is 6.04. The first kappa shape index (κ1) is 22.1. The van der Waals surface area contributed by atoms with Crippen molar-refractivity contribution in [2.24, 2.45) is 0 Å². The molecule has 7 nitrogen and oxygen atoms in total. The van der Waals surface area contributed by atoms with Gasteiger partial charge in [-0.2, -0.15) is 0 Å². The van der Waals surface area contributed by atoms with E-state index in [0.29, 0.717) is 35.9 Å². The van der Waals surface area contributed by atoms with E-state index < -0.39 is 11.7 Å². The second-order valence-corrected chi connectivity index (χ2v) is 7.31. The normalized spacial score (nSPS) is 10.8. The lowest BCUT2D eigenvalue weighted by atomic mass is 10.1. The smallest absolute Gasteiger partial charge is 0.407 e. The van der Waals surface area contributed by atoms with Gasteiger partial charge in [0.1, 0.15) is 5.60 Å². The molecule has 0 aliphatic rings. The summed E-state index contributed by atoms with van der Waals surface area (Å²) in [5.41, 5.74) is 1.41. The van der Waals surface area contributed by atoms with Crippen molar-refractivity contribution in [3.05, 3.63) is 53.6 Å². The van der Waals surface area contributed by atoms with Gasteiger partial charge in [0.05, 0.1) is 13.7 Å². The third-order valence-corrected chi connectivity index (χ3v) is 3.77. The quantitative estimate of drug-likeness (QED) is 0.721. The van der Waals surface area contributed by atoms with Gasteiger partial charge in [0, 0.05) is 23.9 Å². The van der Waals surface area contributed by atoms with Crippen LogP contribution in [0, 0.1) is 0 Å². The monoisotopic (exact) mass is 400 g/mol. The van der Waals surface area contributed by atoms with E-state index in [1.54, 1.807) is 70.3 Å². The Morgan fingerprint density at radius 1 is 1.00 bits per heavy atom. The first-order valence-electron chi connectivity index (χ1n) is 9.40. The van der Waals surface area contributed by atoms with Crippen LogP contribution in [0.1, 0.15) is 43.6 Å². The molecule has 0 saturated heterocycles. The van der Waals surface area contributed by atoms with E-state index in [0.717, 1.165) is 5.56 Å². The van der Waals surface area contributed by atoms with Crippen LogP contribution < -0.4 is 20.1 Å². The Morgan fingerprint density at radius 3 is 2.28 bits per heavy atom. The van der Waals surface area contributed by atoms with E-state index >= 15 is 0 Å². The van der Waals surface area contributed by atoms with Crippen LogP contribution in [0.4, 0.5) is 10.5 Å². The summed E-state index contributed by atoms with van der Waals surface area (Å²) >= 11 is 0. The molecule has 29 heavy (non-hydrogen) atoms. The minimum absolute atomic E-state index is 0.247. The Labute approximate surface area is 171 Å². The van der Waals surface area contributed by atoms with Crippen LogP contribution >= 0.6 is 0 Å². The Hall–Kier alpha value is -3.22. The lowest BCUT2D eigenvalue weighted by molar-refractivity contribution is 0.0523. The van der Waals surface area contributed by atoms with Crippen LogP contribution in [-0.2, 0) is 11.3 Å². The zero-order valence-electron chi connectivity index (χ0n) is 17.5. The molecule has 2 amide bonds. The van der Waals surface area contributed by atoms with E-state index in [1.807, 2.05) is 6.92 Å². The van der Waals surface area contributed by atoms with Crippen molar-refractivity contribution in [1.29, 1.82) is 0 Å². The van der Waals surface area contributed by atoms with Gasteiger partial charge >= 0.3 is 6.09 Å². The number of ether oxygens (including phenoxy) is 3. The Bertz CT molecular complexity index is 841. The SMILES string of the molecule is CCOc1ccc(NC(=O)c2ccc(CNC(=O)OC(C)(C)C)cc2)cc1OC. The molecule has 0 aromatic heterocycles. The van der Waals surface area contributed by atoms with Crippen molar-refractivity contribution in [2.75, 3.05) is 19.0 Å². The van der Waals surface area contributed by atoms with E-state index in [4.69, 9.17) is 14.2 Å². The van der Waals surface area contributed by atoms with Gasteiger partial charge in [0.25, 0.3) is 5.91 Å². The van der Waals surface area contributed by atoms with Gasteiger partial charge in [-0.05, 0) is 57.5 Å². The van der Waals surface area contributed by atoms with Gasteiger partial charge in [-0.25, -0.2) is 4.79 Å². The number of rotatable bonds is 7. The molecule has 0 aliphatic heterocycles. The van der Waals surface area contributed by atoms with E-state index in [2.05, 4.69) is 10.6 Å². The standard InChI is InChI=1S/C22H28N2O5/c1-6-28-18-12-11-17(13-19(18)27-5)24-20(25)16-9-7-15(8-10-16)14-23-21(26)29-22(2,3)4/h7-13H,6,14H2,1-5H3,(H,23,26)(H,24,25). The maximum atomic E-state index is 12.5. The largest absolute Gasteiger partial charge is 0.493 e. The molecule has 0 bridgehead atoms. The maximum absolute atomic E-state index is 12.5. The number of benzene rings is 2. The first-order valence-corrected chi connectivity index (χ1v) is 9.40. The highest BCUT2D eigenvalue weighted by Gasteiger charge is 2.16. The van der Waals surface area contributed by atoms with Gasteiger partial charge in [-0.1, -0.05) is 12.1 Å². The van der Waals surface area contributed by atoms with Crippen molar-refractivity contribution in [3.63, 3.8) is 0 Å². The minimum atomic E-state index is -0.546. The molecule has 0 unspecified atom stereocenters. The summed E-state index contributed by atoms with van der Waals surface area (Å²) in [5, 5.41) is 5.52. The minimum Gasteiger partial charge on any atom is -0.493 e. The molecule has 0 saturated carbocycles. The molecule has 0 heterocycles. The van der Waals surface area contributed by atoms with Crippen molar-refractivity contribution < 1.29 is 23.8 Å². The average Bonchev–Trinajstić information content (AvgIpc) is 2.66. The summed E-state index contributed by atoms with van der Waals surface area (Å²) in [6.45, 7) is 8.14. The zero-order valence-corrected chi connectivity index (χ0v) is 17.5. The molecule has 0 radical (unpaired) electrons. The predicted octanol–water partition coefficient (Wildman–Crippen LogP) is 4.37. The third-order valence-electron chi connectivity index (χ3n) is 3.77. The predicted molar refractivity (Wildman–Crippen MR) is 112 cm³/mol. The van der Waals surface area contributed by atoms with Gasteiger partial charge in [-0.15, -0.1) is 0 Å². The number of carbonyl (C=O) groups excluding carboxylic acids is 2. The highest BCUT2D eigenvalue weighted by Crippen LogP contribution is 2.30. The second-order valence-electron chi connectivity index (χ2n) is 7.31. The molecule has 2 aromatic rings. The number of amides is 2. The number of hydrogen-bond acceptors (Lipinski definition) is 5. The van der Waals surface area contributed by atoms with Crippen LogP contribution in [0.15, 0.2) is 42.5 Å². The highest BCUT2D eigenvalue weighted by atomic mass is 16.6. The topological polar surface area (TPSA) is 85.9 Å². The fourth-order valence-corrected chi connectivity index (χ4v) is 2.49. The molecule has 2 rings (SSSR count). The molecule has 2 aromatic carbocycles. The van der Waals surface area contributed by atoms with Crippen molar-refractivity contribution in [3.8, 4) is 11.5 Å². The Kier molecular flexibility index (Phi) is 7.47. The fourth-order valence-electron chi connectivity index (χ4n) is 2.49. The summed E-state index contributed by atoms with van der Waals surface area (Å²) in [7, 11) is 1.55. The van der Waals surface area contributed by atoms with Gasteiger partial charge in [0.15, 0.2) is 11.5 Å². The fraction of sp³-hybridized carbons (Fsp3) is 0.364. The molecular formula is C22H28N2O5. The number of methoxy groups -OCH3 is 1. The summed E-state index contributed by atoms with van der Waals surface area (Å²) in [4.78, 5) is 24.2. The molecule has 7 heteroatoms.